The summed E-state index contributed by atoms with van der Waals surface area (Å²) in [6, 6.07) is 8.48. The summed E-state index contributed by atoms with van der Waals surface area (Å²) in [7, 11) is 1.56. The van der Waals surface area contributed by atoms with E-state index in [1.165, 1.54) is 12.1 Å². The van der Waals surface area contributed by atoms with Crippen molar-refractivity contribution in [1.29, 1.82) is 0 Å². The van der Waals surface area contributed by atoms with Crippen LogP contribution >= 0.6 is 11.6 Å². The summed E-state index contributed by atoms with van der Waals surface area (Å²) >= 11 is 5.77. The van der Waals surface area contributed by atoms with Gasteiger partial charge in [0.2, 0.25) is 5.88 Å². The Morgan fingerprint density at radius 1 is 1.38 bits per heavy atom. The molecule has 0 saturated heterocycles. The highest BCUT2D eigenvalue weighted by atomic mass is 35.5. The second-order valence-electron chi connectivity index (χ2n) is 4.32. The van der Waals surface area contributed by atoms with Crippen molar-refractivity contribution in [2.45, 2.75) is 13.1 Å². The van der Waals surface area contributed by atoms with Crippen molar-refractivity contribution < 1.29 is 9.66 Å². The molecule has 0 radical (unpaired) electrons. The molecule has 1 aromatic heterocycles. The number of aromatic nitrogens is 1. The van der Waals surface area contributed by atoms with Crippen molar-refractivity contribution in [2.75, 3.05) is 7.11 Å². The Balaban J connectivity index is 2.00. The van der Waals surface area contributed by atoms with Crippen LogP contribution in [0.25, 0.3) is 0 Å². The van der Waals surface area contributed by atoms with Gasteiger partial charge in [-0.1, -0.05) is 23.7 Å². The van der Waals surface area contributed by atoms with E-state index in [1.54, 1.807) is 19.4 Å². The molecule has 21 heavy (non-hydrogen) atoms. The van der Waals surface area contributed by atoms with Crippen LogP contribution in [0.5, 0.6) is 5.88 Å². The summed E-state index contributed by atoms with van der Waals surface area (Å²) < 4.78 is 5.16. The first-order chi connectivity index (χ1) is 10.1. The molecule has 7 heteroatoms. The molecule has 0 spiro atoms. The summed E-state index contributed by atoms with van der Waals surface area (Å²) in [5, 5.41) is 14.2. The molecule has 0 unspecified atom stereocenters. The van der Waals surface area contributed by atoms with Crippen LogP contribution in [0.15, 0.2) is 36.5 Å². The van der Waals surface area contributed by atoms with Gasteiger partial charge in [0.25, 0.3) is 5.69 Å². The number of benzene rings is 1. The van der Waals surface area contributed by atoms with Gasteiger partial charge in [-0.2, -0.15) is 0 Å². The van der Waals surface area contributed by atoms with E-state index in [1.807, 2.05) is 12.1 Å². The third kappa shape index (κ3) is 3.90. The van der Waals surface area contributed by atoms with Crippen molar-refractivity contribution in [3.63, 3.8) is 0 Å². The van der Waals surface area contributed by atoms with E-state index in [9.17, 15) is 10.1 Å². The molecule has 2 rings (SSSR count). The van der Waals surface area contributed by atoms with Gasteiger partial charge in [-0.25, -0.2) is 4.98 Å². The van der Waals surface area contributed by atoms with E-state index in [2.05, 4.69) is 10.3 Å². The van der Waals surface area contributed by atoms with Gasteiger partial charge in [0.05, 0.1) is 12.0 Å². The summed E-state index contributed by atoms with van der Waals surface area (Å²) in [4.78, 5) is 14.4. The van der Waals surface area contributed by atoms with Crippen LogP contribution in [0.2, 0.25) is 5.02 Å². The number of hydrogen-bond donors (Lipinski definition) is 1. The van der Waals surface area contributed by atoms with Crippen LogP contribution in [-0.4, -0.2) is 17.0 Å². The fraction of sp³-hybridized carbons (Fsp3) is 0.214. The smallest absolute Gasteiger partial charge is 0.288 e. The number of methoxy groups -OCH3 is 1. The summed E-state index contributed by atoms with van der Waals surface area (Å²) in [5.41, 5.74) is 1.62. The van der Waals surface area contributed by atoms with Crippen LogP contribution in [0.1, 0.15) is 11.1 Å². The lowest BCUT2D eigenvalue weighted by Gasteiger charge is -2.08. The molecule has 0 aliphatic carbocycles. The average Bonchev–Trinajstić information content (AvgIpc) is 2.49. The fourth-order valence-corrected chi connectivity index (χ4v) is 2.08. The maximum absolute atomic E-state index is 10.8. The van der Waals surface area contributed by atoms with Crippen molar-refractivity contribution in [2.24, 2.45) is 0 Å². The van der Waals surface area contributed by atoms with Crippen LogP contribution in [0.4, 0.5) is 5.69 Å². The van der Waals surface area contributed by atoms with Crippen LogP contribution in [0.3, 0.4) is 0 Å². The van der Waals surface area contributed by atoms with Crippen molar-refractivity contribution in [3.8, 4) is 5.88 Å². The van der Waals surface area contributed by atoms with E-state index in [0.29, 0.717) is 19.0 Å². The van der Waals surface area contributed by atoms with Gasteiger partial charge in [-0.05, 0) is 17.7 Å². The molecular weight excluding hydrogens is 294 g/mol. The minimum absolute atomic E-state index is 0.0880. The van der Waals surface area contributed by atoms with Crippen molar-refractivity contribution >= 4 is 17.3 Å². The second kappa shape index (κ2) is 7.01. The highest BCUT2D eigenvalue weighted by Crippen LogP contribution is 2.25. The van der Waals surface area contributed by atoms with Gasteiger partial charge in [-0.3, -0.25) is 10.1 Å². The van der Waals surface area contributed by atoms with Crippen LogP contribution in [-0.2, 0) is 13.1 Å². The highest BCUT2D eigenvalue weighted by molar-refractivity contribution is 6.32. The number of pyridine rings is 1. The Hall–Kier alpha value is -2.18. The minimum Gasteiger partial charge on any atom is -0.481 e. The predicted octanol–water partition coefficient (Wildman–Crippen LogP) is 2.94. The van der Waals surface area contributed by atoms with E-state index < -0.39 is 4.92 Å². The Morgan fingerprint density at radius 2 is 2.19 bits per heavy atom. The van der Waals surface area contributed by atoms with Crippen LogP contribution in [0, 0.1) is 10.1 Å². The van der Waals surface area contributed by atoms with E-state index in [-0.39, 0.29) is 10.7 Å². The van der Waals surface area contributed by atoms with Gasteiger partial charge in [-0.15, -0.1) is 0 Å². The first-order valence-electron chi connectivity index (χ1n) is 6.23. The summed E-state index contributed by atoms with van der Waals surface area (Å²) in [6.07, 6.45) is 1.66. The largest absolute Gasteiger partial charge is 0.481 e. The molecule has 0 saturated carbocycles. The molecule has 2 aromatic rings. The Morgan fingerprint density at radius 3 is 2.90 bits per heavy atom. The molecule has 0 aliphatic rings. The number of nitro groups is 1. The Labute approximate surface area is 126 Å². The minimum atomic E-state index is -0.490. The Bertz CT molecular complexity index is 649. The number of ether oxygens (including phenoxy) is 1. The van der Waals surface area contributed by atoms with Gasteiger partial charge < -0.3 is 10.1 Å². The van der Waals surface area contributed by atoms with E-state index in [4.69, 9.17) is 16.3 Å². The van der Waals surface area contributed by atoms with Gasteiger partial charge >= 0.3 is 0 Å². The van der Waals surface area contributed by atoms with E-state index in [0.717, 1.165) is 11.1 Å². The van der Waals surface area contributed by atoms with Gasteiger partial charge in [0, 0.05) is 30.9 Å². The molecule has 0 amide bonds. The lowest BCUT2D eigenvalue weighted by Crippen LogP contribution is -2.13. The average molecular weight is 308 g/mol. The first-order valence-corrected chi connectivity index (χ1v) is 6.61. The van der Waals surface area contributed by atoms with E-state index >= 15 is 0 Å². The molecule has 1 heterocycles. The van der Waals surface area contributed by atoms with Gasteiger partial charge in [0.15, 0.2) is 0 Å². The molecule has 0 fully saturated rings. The molecular formula is C14H14ClN3O3. The number of nitrogens with zero attached hydrogens (tertiary/aromatic N) is 2. The zero-order valence-corrected chi connectivity index (χ0v) is 12.1. The third-order valence-electron chi connectivity index (χ3n) is 2.90. The molecule has 6 nitrogen and oxygen atoms in total. The normalized spacial score (nSPS) is 10.4. The topological polar surface area (TPSA) is 77.3 Å². The molecule has 0 atom stereocenters. The maximum atomic E-state index is 10.8. The molecule has 0 aliphatic heterocycles. The number of nitrogens with one attached hydrogen (secondary N) is 1. The summed E-state index contributed by atoms with van der Waals surface area (Å²) in [6.45, 7) is 1.03. The van der Waals surface area contributed by atoms with Crippen molar-refractivity contribution in [1.82, 2.24) is 10.3 Å². The van der Waals surface area contributed by atoms with Crippen molar-refractivity contribution in [3.05, 3.63) is 62.8 Å². The predicted molar refractivity (Wildman–Crippen MR) is 79.4 cm³/mol. The molecule has 110 valence electrons. The SMILES string of the molecule is COc1ncccc1CNCc1ccc(Cl)c([N+](=O)[O-])c1. The standard InChI is InChI=1S/C14H14ClN3O3/c1-21-14-11(3-2-6-17-14)9-16-8-10-4-5-12(15)13(7-10)18(19)20/h2-7,16H,8-9H2,1H3. The fourth-order valence-electron chi connectivity index (χ4n) is 1.89. The maximum Gasteiger partial charge on any atom is 0.288 e. The monoisotopic (exact) mass is 307 g/mol. The number of nitro benzene ring substituents is 1. The number of halogens is 1. The zero-order chi connectivity index (χ0) is 15.2. The number of rotatable bonds is 6. The highest BCUT2D eigenvalue weighted by Gasteiger charge is 2.12. The van der Waals surface area contributed by atoms with Gasteiger partial charge in [0.1, 0.15) is 5.02 Å². The zero-order valence-electron chi connectivity index (χ0n) is 11.4. The third-order valence-corrected chi connectivity index (χ3v) is 3.21. The second-order valence-corrected chi connectivity index (χ2v) is 4.73. The quantitative estimate of drug-likeness (QED) is 0.656. The molecule has 1 aromatic carbocycles. The summed E-state index contributed by atoms with van der Waals surface area (Å²) in [5.74, 6) is 0.562. The lowest BCUT2D eigenvalue weighted by molar-refractivity contribution is -0.384. The molecule has 1 N–H and O–H groups in total. The lowest BCUT2D eigenvalue weighted by atomic mass is 10.2. The Kier molecular flexibility index (Phi) is 5.08. The number of hydrogen-bond acceptors (Lipinski definition) is 5. The van der Waals surface area contributed by atoms with Crippen LogP contribution < -0.4 is 10.1 Å². The molecule has 0 bridgehead atoms. The first kappa shape index (κ1) is 15.2.